The lowest BCUT2D eigenvalue weighted by molar-refractivity contribution is 0.403. The monoisotopic (exact) mass is 471 g/mol. The summed E-state index contributed by atoms with van der Waals surface area (Å²) in [6, 6.07) is 8.71. The standard InChI is InChI=1S/C23H25N11O/c24-13-29-20(34-6-5-18(25)19(12-34)31-26)9-21-32-33-22(35-21)16-10-27-23(28-11-16)30-17-7-14-3-1-2-4-15(14)8-17/h1-4,10-11,17,31H,5-9,12,25-26H2,(H,27,28,30). The van der Waals surface area contributed by atoms with E-state index < -0.39 is 0 Å². The van der Waals surface area contributed by atoms with Crippen LogP contribution in [0.25, 0.3) is 11.5 Å². The third-order valence-electron chi connectivity index (χ3n) is 6.17. The van der Waals surface area contributed by atoms with Gasteiger partial charge in [0.15, 0.2) is 0 Å². The van der Waals surface area contributed by atoms with Crippen LogP contribution in [-0.4, -0.2) is 50.0 Å². The summed E-state index contributed by atoms with van der Waals surface area (Å²) in [5.74, 6) is 7.22. The van der Waals surface area contributed by atoms with Crippen molar-refractivity contribution in [2.45, 2.75) is 31.7 Å². The van der Waals surface area contributed by atoms with Crippen molar-refractivity contribution in [2.24, 2.45) is 16.6 Å². The number of anilines is 1. The molecule has 178 valence electrons. The molecule has 12 nitrogen and oxygen atoms in total. The van der Waals surface area contributed by atoms with Crippen molar-refractivity contribution in [1.29, 1.82) is 5.26 Å². The molecule has 0 amide bonds. The highest BCUT2D eigenvalue weighted by Crippen LogP contribution is 2.24. The summed E-state index contributed by atoms with van der Waals surface area (Å²) in [5.41, 5.74) is 13.3. The van der Waals surface area contributed by atoms with Gasteiger partial charge in [-0.25, -0.2) is 9.97 Å². The zero-order chi connectivity index (χ0) is 24.2. The van der Waals surface area contributed by atoms with E-state index in [1.807, 2.05) is 11.1 Å². The highest BCUT2D eigenvalue weighted by Gasteiger charge is 2.23. The number of hydrogen-bond acceptors (Lipinski definition) is 11. The minimum Gasteiger partial charge on any atom is -0.420 e. The lowest BCUT2D eigenvalue weighted by Gasteiger charge is -2.30. The lowest BCUT2D eigenvalue weighted by atomic mass is 10.1. The molecule has 12 heteroatoms. The van der Waals surface area contributed by atoms with E-state index in [9.17, 15) is 0 Å². The molecule has 0 saturated heterocycles. The number of nitriles is 1. The number of aromatic nitrogens is 4. The molecule has 2 aromatic heterocycles. The van der Waals surface area contributed by atoms with E-state index in [1.54, 1.807) is 12.4 Å². The molecule has 2 aliphatic rings. The summed E-state index contributed by atoms with van der Waals surface area (Å²) in [6.45, 7) is 1.02. The molecule has 1 aliphatic carbocycles. The van der Waals surface area contributed by atoms with Crippen LogP contribution in [0.1, 0.15) is 23.4 Å². The summed E-state index contributed by atoms with van der Waals surface area (Å²) in [6.07, 6.45) is 7.83. The van der Waals surface area contributed by atoms with Gasteiger partial charge in [0, 0.05) is 37.1 Å². The number of nitrogens with one attached hydrogen (secondary N) is 2. The molecule has 1 aliphatic heterocycles. The Kier molecular flexibility index (Phi) is 6.23. The Balaban J connectivity index is 1.23. The van der Waals surface area contributed by atoms with Gasteiger partial charge in [0.25, 0.3) is 5.89 Å². The number of nitrogens with zero attached hydrogens (tertiary/aromatic N) is 7. The number of hydrazine groups is 1. The molecule has 0 saturated carbocycles. The Labute approximate surface area is 201 Å². The maximum Gasteiger partial charge on any atom is 0.250 e. The number of aliphatic imine (C=N–C) groups is 1. The normalized spacial score (nSPS) is 16.2. The molecule has 6 N–H and O–H groups in total. The van der Waals surface area contributed by atoms with Gasteiger partial charge >= 0.3 is 0 Å². The molecule has 0 unspecified atom stereocenters. The molecule has 3 heterocycles. The molecule has 0 fully saturated rings. The van der Waals surface area contributed by atoms with Crippen molar-refractivity contribution in [3.05, 3.63) is 65.1 Å². The highest BCUT2D eigenvalue weighted by atomic mass is 16.4. The summed E-state index contributed by atoms with van der Waals surface area (Å²) < 4.78 is 5.81. The Morgan fingerprint density at radius 2 is 1.94 bits per heavy atom. The first kappa shape index (κ1) is 22.3. The van der Waals surface area contributed by atoms with Crippen molar-refractivity contribution >= 4 is 11.8 Å². The second-order valence-corrected chi connectivity index (χ2v) is 8.44. The van der Waals surface area contributed by atoms with E-state index in [-0.39, 0.29) is 12.5 Å². The maximum atomic E-state index is 9.15. The predicted molar refractivity (Wildman–Crippen MR) is 128 cm³/mol. The minimum atomic E-state index is 0.195. The average Bonchev–Trinajstić information content (AvgIpc) is 3.51. The SMILES string of the molecule is N#CN=C(Cc1nnc(-c2cnc(NC3Cc4ccccc4C3)nc2)o1)N1CCC(N)=C(NN)C1. The van der Waals surface area contributed by atoms with Crippen molar-refractivity contribution in [2.75, 3.05) is 18.4 Å². The van der Waals surface area contributed by atoms with Crippen LogP contribution in [0, 0.1) is 11.5 Å². The molecule has 0 atom stereocenters. The Morgan fingerprint density at radius 1 is 1.20 bits per heavy atom. The van der Waals surface area contributed by atoms with Crippen LogP contribution >= 0.6 is 0 Å². The topological polar surface area (TPSA) is 180 Å². The van der Waals surface area contributed by atoms with Crippen LogP contribution in [0.3, 0.4) is 0 Å². The molecule has 0 radical (unpaired) electrons. The van der Waals surface area contributed by atoms with Crippen LogP contribution < -0.4 is 22.3 Å². The van der Waals surface area contributed by atoms with Crippen LogP contribution in [-0.2, 0) is 19.3 Å². The summed E-state index contributed by atoms with van der Waals surface area (Å²) >= 11 is 0. The number of amidine groups is 1. The van der Waals surface area contributed by atoms with Gasteiger partial charge in [0.05, 0.1) is 24.2 Å². The second-order valence-electron chi connectivity index (χ2n) is 8.44. The van der Waals surface area contributed by atoms with Gasteiger partial charge in [-0.15, -0.1) is 10.2 Å². The van der Waals surface area contributed by atoms with Gasteiger partial charge in [0.1, 0.15) is 5.84 Å². The Morgan fingerprint density at radius 3 is 2.63 bits per heavy atom. The smallest absolute Gasteiger partial charge is 0.250 e. The number of benzene rings is 1. The van der Waals surface area contributed by atoms with E-state index in [4.69, 9.17) is 21.3 Å². The number of fused-ring (bicyclic) bond motifs is 1. The average molecular weight is 472 g/mol. The van der Waals surface area contributed by atoms with E-state index >= 15 is 0 Å². The van der Waals surface area contributed by atoms with Crippen LogP contribution in [0.4, 0.5) is 5.95 Å². The van der Waals surface area contributed by atoms with Crippen LogP contribution in [0.15, 0.2) is 57.5 Å². The quantitative estimate of drug-likeness (QED) is 0.132. The molecular weight excluding hydrogens is 446 g/mol. The first-order chi connectivity index (χ1) is 17.1. The first-order valence-corrected chi connectivity index (χ1v) is 11.3. The van der Waals surface area contributed by atoms with Crippen molar-refractivity contribution in [3.63, 3.8) is 0 Å². The van der Waals surface area contributed by atoms with E-state index in [0.29, 0.717) is 60.0 Å². The van der Waals surface area contributed by atoms with Crippen LogP contribution in [0.2, 0.25) is 0 Å². The zero-order valence-corrected chi connectivity index (χ0v) is 19.0. The van der Waals surface area contributed by atoms with E-state index in [1.165, 1.54) is 11.1 Å². The Hall–Kier alpha value is -4.50. The summed E-state index contributed by atoms with van der Waals surface area (Å²) in [5, 5.41) is 20.8. The fourth-order valence-corrected chi connectivity index (χ4v) is 4.35. The van der Waals surface area contributed by atoms with E-state index in [2.05, 4.69) is 60.2 Å². The van der Waals surface area contributed by atoms with Gasteiger partial charge in [-0.05, 0) is 24.0 Å². The molecule has 0 bridgehead atoms. The van der Waals surface area contributed by atoms with Gasteiger partial charge in [-0.3, -0.25) is 5.84 Å². The minimum absolute atomic E-state index is 0.195. The molecule has 5 rings (SSSR count). The van der Waals surface area contributed by atoms with Crippen molar-refractivity contribution < 1.29 is 4.42 Å². The van der Waals surface area contributed by atoms with E-state index in [0.717, 1.165) is 12.8 Å². The van der Waals surface area contributed by atoms with Crippen molar-refractivity contribution in [3.8, 4) is 17.6 Å². The first-order valence-electron chi connectivity index (χ1n) is 11.3. The fraction of sp³-hybridized carbons (Fsp3) is 0.304. The van der Waals surface area contributed by atoms with Crippen molar-refractivity contribution in [1.82, 2.24) is 30.5 Å². The van der Waals surface area contributed by atoms with Gasteiger partial charge in [-0.1, -0.05) is 24.3 Å². The van der Waals surface area contributed by atoms with Crippen LogP contribution in [0.5, 0.6) is 0 Å². The fourth-order valence-electron chi connectivity index (χ4n) is 4.35. The second kappa shape index (κ2) is 9.78. The molecule has 0 spiro atoms. The summed E-state index contributed by atoms with van der Waals surface area (Å²) in [7, 11) is 0. The predicted octanol–water partition coefficient (Wildman–Crippen LogP) is 0.867. The molecule has 35 heavy (non-hydrogen) atoms. The third-order valence-corrected chi connectivity index (χ3v) is 6.17. The molecule has 1 aromatic carbocycles. The molecule has 3 aromatic rings. The third kappa shape index (κ3) is 4.90. The number of rotatable bonds is 6. The highest BCUT2D eigenvalue weighted by molar-refractivity contribution is 5.85. The maximum absolute atomic E-state index is 9.15. The lowest BCUT2D eigenvalue weighted by Crippen LogP contribution is -2.43. The summed E-state index contributed by atoms with van der Waals surface area (Å²) in [4.78, 5) is 14.7. The van der Waals surface area contributed by atoms with Gasteiger partial charge < -0.3 is 25.8 Å². The molecular formula is C23H25N11O. The largest absolute Gasteiger partial charge is 0.420 e. The van der Waals surface area contributed by atoms with Gasteiger partial charge in [-0.2, -0.15) is 10.3 Å². The Bertz CT molecular complexity index is 1280. The van der Waals surface area contributed by atoms with Gasteiger partial charge in [0.2, 0.25) is 18.0 Å². The zero-order valence-electron chi connectivity index (χ0n) is 19.0. The number of hydrogen-bond donors (Lipinski definition) is 4. The number of nitrogens with two attached hydrogens (primary N) is 2.